The average Bonchev–Trinajstić information content (AvgIpc) is 2.53. The number of hydrogen-bond donors (Lipinski definition) is 1. The minimum atomic E-state index is 0.0690. The Bertz CT molecular complexity index is 413. The Kier molecular flexibility index (Phi) is 6.52. The maximum Gasteiger partial charge on any atom is 0.124 e. The van der Waals surface area contributed by atoms with Crippen molar-refractivity contribution in [3.05, 3.63) is 29.8 Å². The minimum Gasteiger partial charge on any atom is -0.496 e. The van der Waals surface area contributed by atoms with Crippen LogP contribution < -0.4 is 10.1 Å². The summed E-state index contributed by atoms with van der Waals surface area (Å²) >= 11 is 0. The molecule has 1 aliphatic carbocycles. The summed E-state index contributed by atoms with van der Waals surface area (Å²) in [6.45, 7) is 6.26. The van der Waals surface area contributed by atoms with Gasteiger partial charge in [-0.3, -0.25) is 0 Å². The summed E-state index contributed by atoms with van der Waals surface area (Å²) in [7, 11) is 1.73. The largest absolute Gasteiger partial charge is 0.496 e. The third-order valence-corrected chi connectivity index (χ3v) is 4.39. The summed E-state index contributed by atoms with van der Waals surface area (Å²) in [5.74, 6) is 1.77. The van der Waals surface area contributed by atoms with Gasteiger partial charge in [0.25, 0.3) is 0 Å². The summed E-state index contributed by atoms with van der Waals surface area (Å²) in [6, 6.07) is 8.20. The van der Waals surface area contributed by atoms with Gasteiger partial charge in [-0.2, -0.15) is 0 Å². The first-order chi connectivity index (χ1) is 10.2. The Hall–Kier alpha value is -1.06. The number of nitrogens with one attached hydrogen (secondary N) is 1. The fraction of sp³-hybridized carbons (Fsp3) is 0.667. The monoisotopic (exact) mass is 291 g/mol. The molecule has 0 aliphatic heterocycles. The molecular formula is C18H29NO2. The van der Waals surface area contributed by atoms with Crippen LogP contribution >= 0.6 is 0 Å². The van der Waals surface area contributed by atoms with Crippen molar-refractivity contribution in [1.29, 1.82) is 0 Å². The van der Waals surface area contributed by atoms with E-state index in [1.54, 1.807) is 7.11 Å². The van der Waals surface area contributed by atoms with Gasteiger partial charge in [0.05, 0.1) is 19.3 Å². The summed E-state index contributed by atoms with van der Waals surface area (Å²) in [5, 5.41) is 3.42. The molecule has 0 saturated heterocycles. The van der Waals surface area contributed by atoms with Crippen molar-refractivity contribution in [2.45, 2.75) is 51.7 Å². The third-order valence-electron chi connectivity index (χ3n) is 4.39. The highest BCUT2D eigenvalue weighted by Gasteiger charge is 2.24. The van der Waals surface area contributed by atoms with Crippen LogP contribution in [0.15, 0.2) is 24.3 Å². The van der Waals surface area contributed by atoms with E-state index < -0.39 is 0 Å². The first kappa shape index (κ1) is 16.3. The van der Waals surface area contributed by atoms with Crippen LogP contribution in [-0.2, 0) is 4.74 Å². The Labute approximate surface area is 129 Å². The first-order valence-corrected chi connectivity index (χ1v) is 8.23. The molecule has 0 spiro atoms. The molecule has 21 heavy (non-hydrogen) atoms. The number of methoxy groups -OCH3 is 1. The van der Waals surface area contributed by atoms with E-state index in [2.05, 4.69) is 31.3 Å². The van der Waals surface area contributed by atoms with E-state index >= 15 is 0 Å². The standard InChI is InChI=1S/C18H29NO2/c1-4-19-13-18(16-7-5-6-8-17(16)20-3)21-15-11-9-14(2)10-12-15/h5-8,14-15,18-19H,4,9-13H2,1-3H3. The highest BCUT2D eigenvalue weighted by atomic mass is 16.5. The molecular weight excluding hydrogens is 262 g/mol. The normalized spacial score (nSPS) is 23.8. The second-order valence-corrected chi connectivity index (χ2v) is 6.06. The number of likely N-dealkylation sites (N-methyl/N-ethyl adjacent to an activating group) is 1. The summed E-state index contributed by atoms with van der Waals surface area (Å²) in [5.41, 5.74) is 1.15. The number of para-hydroxylation sites is 1. The van der Waals surface area contributed by atoms with E-state index in [9.17, 15) is 0 Å². The zero-order valence-corrected chi connectivity index (χ0v) is 13.6. The summed E-state index contributed by atoms with van der Waals surface area (Å²) in [4.78, 5) is 0. The van der Waals surface area contributed by atoms with Gasteiger partial charge in [-0.15, -0.1) is 0 Å². The van der Waals surface area contributed by atoms with Gasteiger partial charge in [-0.25, -0.2) is 0 Å². The highest BCUT2D eigenvalue weighted by Crippen LogP contribution is 2.32. The van der Waals surface area contributed by atoms with Gasteiger partial charge in [0.1, 0.15) is 5.75 Å². The van der Waals surface area contributed by atoms with Gasteiger partial charge < -0.3 is 14.8 Å². The molecule has 0 heterocycles. The Morgan fingerprint density at radius 3 is 2.57 bits per heavy atom. The lowest BCUT2D eigenvalue weighted by Gasteiger charge is -2.31. The minimum absolute atomic E-state index is 0.0690. The Morgan fingerprint density at radius 2 is 1.90 bits per heavy atom. The lowest BCUT2D eigenvalue weighted by molar-refractivity contribution is -0.0369. The molecule has 1 N–H and O–H groups in total. The molecule has 2 rings (SSSR count). The van der Waals surface area contributed by atoms with Crippen molar-refractivity contribution in [1.82, 2.24) is 5.32 Å². The van der Waals surface area contributed by atoms with Gasteiger partial charge in [0.2, 0.25) is 0 Å². The average molecular weight is 291 g/mol. The van der Waals surface area contributed by atoms with Crippen LogP contribution in [0.1, 0.15) is 51.2 Å². The first-order valence-electron chi connectivity index (χ1n) is 8.23. The zero-order valence-electron chi connectivity index (χ0n) is 13.6. The molecule has 0 radical (unpaired) electrons. The van der Waals surface area contributed by atoms with E-state index in [1.807, 2.05) is 12.1 Å². The van der Waals surface area contributed by atoms with Crippen molar-refractivity contribution in [2.75, 3.05) is 20.2 Å². The van der Waals surface area contributed by atoms with Gasteiger partial charge in [-0.05, 0) is 44.2 Å². The van der Waals surface area contributed by atoms with Crippen LogP contribution in [-0.4, -0.2) is 26.3 Å². The van der Waals surface area contributed by atoms with Crippen LogP contribution in [0.25, 0.3) is 0 Å². The van der Waals surface area contributed by atoms with Gasteiger partial charge >= 0.3 is 0 Å². The van der Waals surface area contributed by atoms with Gasteiger partial charge in [0.15, 0.2) is 0 Å². The van der Waals surface area contributed by atoms with E-state index in [0.29, 0.717) is 6.10 Å². The number of hydrogen-bond acceptors (Lipinski definition) is 3. The third kappa shape index (κ3) is 4.72. The fourth-order valence-corrected chi connectivity index (χ4v) is 3.04. The number of ether oxygens (including phenoxy) is 2. The van der Waals surface area contributed by atoms with E-state index in [0.717, 1.165) is 30.3 Å². The fourth-order valence-electron chi connectivity index (χ4n) is 3.04. The molecule has 1 aliphatic rings. The van der Waals surface area contributed by atoms with Crippen LogP contribution in [0, 0.1) is 5.92 Å². The molecule has 0 bridgehead atoms. The Balaban J connectivity index is 2.06. The van der Waals surface area contributed by atoms with Crippen molar-refractivity contribution in [3.8, 4) is 5.75 Å². The van der Waals surface area contributed by atoms with E-state index in [-0.39, 0.29) is 6.10 Å². The molecule has 3 nitrogen and oxygen atoms in total. The van der Waals surface area contributed by atoms with E-state index in [4.69, 9.17) is 9.47 Å². The van der Waals surface area contributed by atoms with Crippen LogP contribution in [0.2, 0.25) is 0 Å². The summed E-state index contributed by atoms with van der Waals surface area (Å²) < 4.78 is 11.9. The summed E-state index contributed by atoms with van der Waals surface area (Å²) in [6.07, 6.45) is 5.38. The predicted molar refractivity (Wildman–Crippen MR) is 86.8 cm³/mol. The SMILES string of the molecule is CCNCC(OC1CCC(C)CC1)c1ccccc1OC. The lowest BCUT2D eigenvalue weighted by atomic mass is 9.88. The van der Waals surface area contributed by atoms with Crippen molar-refractivity contribution < 1.29 is 9.47 Å². The molecule has 0 amide bonds. The Morgan fingerprint density at radius 1 is 1.19 bits per heavy atom. The second kappa shape index (κ2) is 8.40. The lowest BCUT2D eigenvalue weighted by Crippen LogP contribution is -2.29. The van der Waals surface area contributed by atoms with Crippen molar-refractivity contribution in [2.24, 2.45) is 5.92 Å². The number of benzene rings is 1. The maximum absolute atomic E-state index is 6.43. The van der Waals surface area contributed by atoms with E-state index in [1.165, 1.54) is 25.7 Å². The quantitative estimate of drug-likeness (QED) is 0.825. The smallest absolute Gasteiger partial charge is 0.124 e. The van der Waals surface area contributed by atoms with Crippen LogP contribution in [0.4, 0.5) is 0 Å². The predicted octanol–water partition coefficient (Wildman–Crippen LogP) is 3.94. The van der Waals surface area contributed by atoms with Crippen LogP contribution in [0.5, 0.6) is 5.75 Å². The molecule has 1 atom stereocenters. The molecule has 1 aromatic rings. The van der Waals surface area contributed by atoms with Gasteiger partial charge in [0, 0.05) is 12.1 Å². The molecule has 118 valence electrons. The molecule has 1 fully saturated rings. The molecule has 1 unspecified atom stereocenters. The molecule has 0 aromatic heterocycles. The molecule has 1 aromatic carbocycles. The number of rotatable bonds is 7. The van der Waals surface area contributed by atoms with Crippen LogP contribution in [0.3, 0.4) is 0 Å². The van der Waals surface area contributed by atoms with Gasteiger partial charge in [-0.1, -0.05) is 32.0 Å². The highest BCUT2D eigenvalue weighted by molar-refractivity contribution is 5.35. The zero-order chi connectivity index (χ0) is 15.1. The van der Waals surface area contributed by atoms with Crippen molar-refractivity contribution >= 4 is 0 Å². The molecule has 3 heteroatoms. The topological polar surface area (TPSA) is 30.5 Å². The second-order valence-electron chi connectivity index (χ2n) is 6.06. The molecule has 1 saturated carbocycles. The maximum atomic E-state index is 6.43. The van der Waals surface area contributed by atoms with Crippen molar-refractivity contribution in [3.63, 3.8) is 0 Å².